The van der Waals surface area contributed by atoms with Gasteiger partial charge in [0.2, 0.25) is 0 Å². The van der Waals surface area contributed by atoms with Crippen LogP contribution >= 0.6 is 7.82 Å². The van der Waals surface area contributed by atoms with Crippen molar-refractivity contribution in [1.29, 1.82) is 0 Å². The minimum Gasteiger partial charge on any atom is -0.393 e. The molecule has 0 fully saturated rings. The van der Waals surface area contributed by atoms with Crippen molar-refractivity contribution in [1.82, 2.24) is 0 Å². The Kier molecular flexibility index (Phi) is 4.24. The van der Waals surface area contributed by atoms with Crippen LogP contribution in [0.1, 0.15) is 13.8 Å². The summed E-state index contributed by atoms with van der Waals surface area (Å²) >= 11 is 0. The van der Waals surface area contributed by atoms with Crippen molar-refractivity contribution < 1.29 is 34.2 Å². The largest absolute Gasteiger partial charge is 0.469 e. The molecule has 0 spiro atoms. The van der Waals surface area contributed by atoms with Crippen LogP contribution in [0.5, 0.6) is 0 Å². The van der Waals surface area contributed by atoms with E-state index < -0.39 is 32.2 Å². The van der Waals surface area contributed by atoms with Crippen LogP contribution in [0.2, 0.25) is 0 Å². The Morgan fingerprint density at radius 2 is 1.64 bits per heavy atom. The number of phosphoric ester groups is 1. The van der Waals surface area contributed by atoms with Crippen molar-refractivity contribution >= 4 is 7.82 Å². The smallest absolute Gasteiger partial charge is 0.393 e. The summed E-state index contributed by atoms with van der Waals surface area (Å²) in [5, 5.41) is 27.6. The molecule has 0 unspecified atom stereocenters. The number of hydrogen-bond donors (Lipinski definition) is 5. The predicted molar refractivity (Wildman–Crippen MR) is 46.3 cm³/mol. The van der Waals surface area contributed by atoms with E-state index in [1.807, 2.05) is 0 Å². The fraction of sp³-hybridized carbons (Fsp3) is 1.00. The Morgan fingerprint density at radius 1 is 1.21 bits per heavy atom. The maximum atomic E-state index is 10.3. The highest BCUT2D eigenvalue weighted by molar-refractivity contribution is 7.46. The maximum Gasteiger partial charge on any atom is 0.469 e. The lowest BCUT2D eigenvalue weighted by Crippen LogP contribution is -2.55. The van der Waals surface area contributed by atoms with Crippen molar-refractivity contribution in [2.75, 3.05) is 13.2 Å². The molecule has 0 amide bonds. The Hall–Kier alpha value is -0.0100. The third kappa shape index (κ3) is 4.02. The molecule has 0 rings (SSSR count). The average molecular weight is 230 g/mol. The van der Waals surface area contributed by atoms with Crippen molar-refractivity contribution in [3.63, 3.8) is 0 Å². The monoisotopic (exact) mass is 230 g/mol. The van der Waals surface area contributed by atoms with E-state index in [9.17, 15) is 14.8 Å². The van der Waals surface area contributed by atoms with E-state index in [0.717, 1.165) is 13.8 Å². The highest BCUT2D eigenvalue weighted by Gasteiger charge is 2.42. The second-order valence-electron chi connectivity index (χ2n) is 3.47. The molecular weight excluding hydrogens is 215 g/mol. The number of aliphatic hydroxyl groups is 3. The molecule has 0 aromatic rings. The van der Waals surface area contributed by atoms with Gasteiger partial charge in [-0.25, -0.2) is 4.57 Å². The molecule has 5 N–H and O–H groups in total. The fourth-order valence-electron chi connectivity index (χ4n) is 0.536. The van der Waals surface area contributed by atoms with E-state index in [1.54, 1.807) is 0 Å². The predicted octanol–water partition coefficient (Wildman–Crippen LogP) is -1.41. The van der Waals surface area contributed by atoms with Gasteiger partial charge in [0.25, 0.3) is 0 Å². The molecule has 14 heavy (non-hydrogen) atoms. The molecule has 0 aliphatic rings. The van der Waals surface area contributed by atoms with Gasteiger partial charge in [0.1, 0.15) is 11.2 Å². The van der Waals surface area contributed by atoms with Crippen LogP contribution in [-0.4, -0.2) is 49.5 Å². The third-order valence-electron chi connectivity index (χ3n) is 1.98. The first kappa shape index (κ1) is 14.0. The lowest BCUT2D eigenvalue weighted by atomic mass is 9.87. The van der Waals surface area contributed by atoms with E-state index in [1.165, 1.54) is 0 Å². The lowest BCUT2D eigenvalue weighted by Gasteiger charge is -2.36. The maximum absolute atomic E-state index is 10.3. The molecule has 0 aromatic heterocycles. The van der Waals surface area contributed by atoms with Gasteiger partial charge in [-0.05, 0) is 13.8 Å². The molecular formula is C6H15O7P. The molecule has 0 bridgehead atoms. The summed E-state index contributed by atoms with van der Waals surface area (Å²) in [4.78, 5) is 16.7. The van der Waals surface area contributed by atoms with Gasteiger partial charge in [-0.15, -0.1) is 0 Å². The minimum atomic E-state index is -4.69. The van der Waals surface area contributed by atoms with Gasteiger partial charge in [-0.1, -0.05) is 0 Å². The average Bonchev–Trinajstić information content (AvgIpc) is 1.99. The molecule has 0 radical (unpaired) electrons. The van der Waals surface area contributed by atoms with Crippen LogP contribution < -0.4 is 0 Å². The van der Waals surface area contributed by atoms with Gasteiger partial charge in [0, 0.05) is 0 Å². The van der Waals surface area contributed by atoms with E-state index in [-0.39, 0.29) is 0 Å². The Bertz CT molecular complexity index is 230. The summed E-state index contributed by atoms with van der Waals surface area (Å²) < 4.78 is 14.3. The molecule has 0 heterocycles. The summed E-state index contributed by atoms with van der Waals surface area (Å²) in [5.74, 6) is 0. The van der Waals surface area contributed by atoms with Crippen LogP contribution in [0.15, 0.2) is 0 Å². The number of rotatable bonds is 5. The normalized spacial score (nSPS) is 21.4. The van der Waals surface area contributed by atoms with E-state index in [2.05, 4.69) is 4.52 Å². The number of phosphoric acid groups is 1. The van der Waals surface area contributed by atoms with Crippen LogP contribution in [0.4, 0.5) is 0 Å². The zero-order valence-electron chi connectivity index (χ0n) is 7.91. The number of aliphatic hydroxyl groups excluding tert-OH is 1. The van der Waals surface area contributed by atoms with Crippen molar-refractivity contribution in [2.45, 2.75) is 25.0 Å². The van der Waals surface area contributed by atoms with Gasteiger partial charge in [0.15, 0.2) is 0 Å². The fourth-order valence-corrected chi connectivity index (χ4v) is 0.955. The first-order chi connectivity index (χ1) is 6.02. The first-order valence-electron chi connectivity index (χ1n) is 3.77. The van der Waals surface area contributed by atoms with E-state index in [0.29, 0.717) is 0 Å². The van der Waals surface area contributed by atoms with Crippen LogP contribution in [0, 0.1) is 0 Å². The van der Waals surface area contributed by atoms with Crippen molar-refractivity contribution in [3.05, 3.63) is 0 Å². The van der Waals surface area contributed by atoms with Crippen molar-refractivity contribution in [2.24, 2.45) is 0 Å². The Labute approximate surface area is 81.2 Å². The van der Waals surface area contributed by atoms with Gasteiger partial charge in [-0.2, -0.15) is 0 Å². The second-order valence-corrected chi connectivity index (χ2v) is 4.71. The molecule has 0 saturated heterocycles. The summed E-state index contributed by atoms with van der Waals surface area (Å²) in [7, 11) is -4.69. The second kappa shape index (κ2) is 4.24. The standard InChI is InChI=1S/C6H15O7P/c1-5(8,3-7)6(2,9)4-13-14(10,11)12/h7-9H,3-4H2,1-2H3,(H2,10,11,12)/t5-,6+/m0/s1. The van der Waals surface area contributed by atoms with Gasteiger partial charge >= 0.3 is 7.82 Å². The van der Waals surface area contributed by atoms with Crippen LogP contribution in [-0.2, 0) is 9.09 Å². The quantitative estimate of drug-likeness (QED) is 0.367. The molecule has 0 saturated carbocycles. The van der Waals surface area contributed by atoms with Crippen molar-refractivity contribution in [3.8, 4) is 0 Å². The highest BCUT2D eigenvalue weighted by Crippen LogP contribution is 2.38. The lowest BCUT2D eigenvalue weighted by molar-refractivity contribution is -0.168. The van der Waals surface area contributed by atoms with E-state index in [4.69, 9.17) is 14.9 Å². The molecule has 0 aliphatic heterocycles. The Balaban J connectivity index is 4.43. The van der Waals surface area contributed by atoms with Crippen LogP contribution in [0.25, 0.3) is 0 Å². The third-order valence-corrected chi connectivity index (χ3v) is 2.45. The number of hydrogen-bond acceptors (Lipinski definition) is 5. The molecule has 86 valence electrons. The first-order valence-corrected chi connectivity index (χ1v) is 5.30. The topological polar surface area (TPSA) is 127 Å². The summed E-state index contributed by atoms with van der Waals surface area (Å²) in [6, 6.07) is 0. The molecule has 8 heteroatoms. The molecule has 0 aromatic carbocycles. The zero-order chi connectivity index (χ0) is 11.6. The van der Waals surface area contributed by atoms with Gasteiger partial charge in [0.05, 0.1) is 13.2 Å². The molecule has 2 atom stereocenters. The zero-order valence-corrected chi connectivity index (χ0v) is 8.81. The van der Waals surface area contributed by atoms with E-state index >= 15 is 0 Å². The highest BCUT2D eigenvalue weighted by atomic mass is 31.2. The summed E-state index contributed by atoms with van der Waals surface area (Å²) in [6.45, 7) is 0.671. The van der Waals surface area contributed by atoms with Crippen LogP contribution in [0.3, 0.4) is 0 Å². The summed E-state index contributed by atoms with van der Waals surface area (Å²) in [6.07, 6.45) is 0. The summed E-state index contributed by atoms with van der Waals surface area (Å²) in [5.41, 5.74) is -3.86. The Morgan fingerprint density at radius 3 is 1.93 bits per heavy atom. The molecule has 7 nitrogen and oxygen atoms in total. The SMILES string of the molecule is C[C@](O)(CO)[C@](C)(O)COP(=O)(O)O. The molecule has 0 aliphatic carbocycles. The van der Waals surface area contributed by atoms with Gasteiger partial charge in [-0.3, -0.25) is 4.52 Å². The minimum absolute atomic E-state index is 0.759. The van der Waals surface area contributed by atoms with Gasteiger partial charge < -0.3 is 25.1 Å².